The van der Waals surface area contributed by atoms with Gasteiger partial charge in [0.2, 0.25) is 0 Å². The van der Waals surface area contributed by atoms with Crippen LogP contribution in [0, 0.1) is 11.3 Å². The van der Waals surface area contributed by atoms with E-state index in [-0.39, 0.29) is 6.10 Å². The predicted molar refractivity (Wildman–Crippen MR) is 121 cm³/mol. The average Bonchev–Trinajstić information content (AvgIpc) is 3.38. The van der Waals surface area contributed by atoms with Gasteiger partial charge >= 0.3 is 0 Å². The van der Waals surface area contributed by atoms with Crippen LogP contribution in [0.25, 0.3) is 21.0 Å². The van der Waals surface area contributed by atoms with Crippen LogP contribution in [0.15, 0.2) is 42.6 Å². The number of nitrogens with zero attached hydrogens (tertiary/aromatic N) is 2. The zero-order chi connectivity index (χ0) is 20.8. The minimum absolute atomic E-state index is 0.0413. The van der Waals surface area contributed by atoms with Gasteiger partial charge in [0.15, 0.2) is 0 Å². The molecule has 2 aromatic carbocycles. The molecule has 0 spiro atoms. The van der Waals surface area contributed by atoms with Crippen molar-refractivity contribution in [2.75, 3.05) is 0 Å². The highest BCUT2D eigenvalue weighted by molar-refractivity contribution is 7.94. The lowest BCUT2D eigenvalue weighted by Gasteiger charge is -2.11. The highest BCUT2D eigenvalue weighted by Gasteiger charge is 2.17. The Kier molecular flexibility index (Phi) is 7.29. The van der Waals surface area contributed by atoms with Gasteiger partial charge in [-0.1, -0.05) is 18.2 Å². The van der Waals surface area contributed by atoms with E-state index in [1.54, 1.807) is 11.3 Å². The first-order valence-electron chi connectivity index (χ1n) is 9.41. The molecular weight excluding hydrogens is 400 g/mol. The van der Waals surface area contributed by atoms with Crippen molar-refractivity contribution in [1.82, 2.24) is 4.98 Å². The smallest absolute Gasteiger partial charge is 0.137 e. The molecule has 0 aliphatic heterocycles. The van der Waals surface area contributed by atoms with Crippen molar-refractivity contribution < 1.29 is 4.74 Å². The fourth-order valence-electron chi connectivity index (χ4n) is 3.49. The van der Waals surface area contributed by atoms with Gasteiger partial charge in [-0.25, -0.2) is 4.98 Å². The molecule has 0 amide bonds. The third-order valence-corrected chi connectivity index (χ3v) is 5.71. The maximum Gasteiger partial charge on any atom is 0.137 e. The van der Waals surface area contributed by atoms with Crippen LogP contribution in [0.2, 0.25) is 0 Å². The molecule has 0 fully saturated rings. The van der Waals surface area contributed by atoms with Crippen LogP contribution < -0.4 is 15.0 Å². The summed E-state index contributed by atoms with van der Waals surface area (Å²) in [4.78, 5) is 5.82. The van der Waals surface area contributed by atoms with Crippen molar-refractivity contribution in [2.45, 2.75) is 39.2 Å². The largest absolute Gasteiger partial charge is 0.490 e. The Balaban J connectivity index is 0.000000755. The van der Waals surface area contributed by atoms with Crippen molar-refractivity contribution in [3.05, 3.63) is 59.3 Å². The molecule has 0 unspecified atom stereocenters. The standard InChI is InChI=1S/C22H20N2OS.H4N2S/c1-14(2)25-20-10-9-16(11-17(20)12-23)22-24-13-21(26-22)19-8-4-6-15-5-3-7-18(15)19;1-3-2/h4,6,8-11,13-14H,3,5,7H2,1-2H3;1-2H2. The monoisotopic (exact) mass is 424 g/mol. The lowest BCUT2D eigenvalue weighted by atomic mass is 10.0. The molecule has 5 nitrogen and oxygen atoms in total. The Morgan fingerprint density at radius 2 is 2.00 bits per heavy atom. The normalized spacial score (nSPS) is 12.1. The highest BCUT2D eigenvalue weighted by atomic mass is 32.2. The number of rotatable bonds is 4. The summed E-state index contributed by atoms with van der Waals surface area (Å²) in [5.41, 5.74) is 5.76. The third-order valence-electron chi connectivity index (χ3n) is 4.63. The van der Waals surface area contributed by atoms with E-state index in [4.69, 9.17) is 4.74 Å². The molecule has 7 heteroatoms. The number of nitrogens with two attached hydrogens (primary N) is 2. The summed E-state index contributed by atoms with van der Waals surface area (Å²) < 4.78 is 5.71. The molecule has 1 heterocycles. The number of aryl methyl sites for hydroxylation is 1. The first-order valence-corrected chi connectivity index (χ1v) is 11.2. The first-order chi connectivity index (χ1) is 14.1. The molecule has 0 bridgehead atoms. The Morgan fingerprint density at radius 1 is 1.21 bits per heavy atom. The molecule has 0 saturated heterocycles. The van der Waals surface area contributed by atoms with Crippen LogP contribution >= 0.6 is 23.5 Å². The lowest BCUT2D eigenvalue weighted by Crippen LogP contribution is -2.06. The Bertz CT molecular complexity index is 1020. The number of hydrogen-bond acceptors (Lipinski definition) is 7. The zero-order valence-corrected chi connectivity index (χ0v) is 18.1. The van der Waals surface area contributed by atoms with Gasteiger partial charge in [-0.3, -0.25) is 10.3 Å². The SMILES string of the molecule is CC(C)Oc1ccc(-c2ncc(-c3cccc4c3CCC4)s2)cc1C#N.NSN. The second-order valence-corrected chi connectivity index (χ2v) is 8.25. The molecular formula is C22H24N4OS2. The van der Waals surface area contributed by atoms with Gasteiger partial charge in [0.25, 0.3) is 0 Å². The van der Waals surface area contributed by atoms with E-state index >= 15 is 0 Å². The number of benzene rings is 2. The second kappa shape index (κ2) is 9.90. The minimum Gasteiger partial charge on any atom is -0.490 e. The van der Waals surface area contributed by atoms with E-state index in [9.17, 15) is 5.26 Å². The van der Waals surface area contributed by atoms with E-state index in [1.165, 1.54) is 34.4 Å². The van der Waals surface area contributed by atoms with Crippen LogP contribution in [0.3, 0.4) is 0 Å². The summed E-state index contributed by atoms with van der Waals surface area (Å²) >= 11 is 2.43. The Morgan fingerprint density at radius 3 is 2.72 bits per heavy atom. The number of hydrogen-bond donors (Lipinski definition) is 2. The number of ether oxygens (including phenoxy) is 1. The third kappa shape index (κ3) is 4.98. The zero-order valence-electron chi connectivity index (χ0n) is 16.5. The van der Waals surface area contributed by atoms with E-state index in [1.807, 2.05) is 38.2 Å². The van der Waals surface area contributed by atoms with Gasteiger partial charge in [0.1, 0.15) is 16.8 Å². The molecule has 1 aromatic heterocycles. The summed E-state index contributed by atoms with van der Waals surface area (Å²) in [5.74, 6) is 0.629. The highest BCUT2D eigenvalue weighted by Crippen LogP contribution is 2.38. The number of nitriles is 1. The Hall–Kier alpha value is -2.37. The second-order valence-electron chi connectivity index (χ2n) is 6.95. The van der Waals surface area contributed by atoms with Crippen LogP contribution in [0.1, 0.15) is 37.0 Å². The van der Waals surface area contributed by atoms with Crippen LogP contribution in [-0.2, 0) is 12.8 Å². The van der Waals surface area contributed by atoms with E-state index in [0.29, 0.717) is 11.3 Å². The van der Waals surface area contributed by atoms with Crippen LogP contribution in [0.5, 0.6) is 5.75 Å². The van der Waals surface area contributed by atoms with Crippen molar-refractivity contribution in [3.63, 3.8) is 0 Å². The predicted octanol–water partition coefficient (Wildman–Crippen LogP) is 5.09. The fourth-order valence-corrected chi connectivity index (χ4v) is 4.45. The van der Waals surface area contributed by atoms with Gasteiger partial charge in [-0.2, -0.15) is 5.26 Å². The molecule has 1 aliphatic carbocycles. The van der Waals surface area contributed by atoms with Gasteiger partial charge in [-0.05, 0) is 80.1 Å². The maximum absolute atomic E-state index is 9.44. The summed E-state index contributed by atoms with van der Waals surface area (Å²) in [6, 6.07) is 14.5. The van der Waals surface area contributed by atoms with Crippen molar-refractivity contribution in [3.8, 4) is 32.8 Å². The van der Waals surface area contributed by atoms with E-state index in [2.05, 4.69) is 39.5 Å². The van der Waals surface area contributed by atoms with E-state index in [0.717, 1.165) is 29.1 Å². The van der Waals surface area contributed by atoms with Gasteiger partial charge in [0, 0.05) is 11.8 Å². The average molecular weight is 425 g/mol. The molecule has 0 atom stereocenters. The summed E-state index contributed by atoms with van der Waals surface area (Å²) in [6.07, 6.45) is 5.56. The fraction of sp³-hybridized carbons (Fsp3) is 0.273. The molecule has 1 aliphatic rings. The van der Waals surface area contributed by atoms with Gasteiger partial charge < -0.3 is 4.74 Å². The number of thiazole rings is 1. The molecule has 3 aromatic rings. The number of aromatic nitrogens is 1. The minimum atomic E-state index is 0.0413. The van der Waals surface area contributed by atoms with Crippen LogP contribution in [-0.4, -0.2) is 11.1 Å². The molecule has 29 heavy (non-hydrogen) atoms. The summed E-state index contributed by atoms with van der Waals surface area (Å²) in [5, 5.41) is 19.5. The van der Waals surface area contributed by atoms with Crippen molar-refractivity contribution in [1.29, 1.82) is 5.26 Å². The topological polar surface area (TPSA) is 97.9 Å². The molecule has 150 valence electrons. The maximum atomic E-state index is 9.44. The molecule has 0 saturated carbocycles. The van der Waals surface area contributed by atoms with Crippen LogP contribution in [0.4, 0.5) is 0 Å². The van der Waals surface area contributed by atoms with Crippen molar-refractivity contribution in [2.24, 2.45) is 10.3 Å². The van der Waals surface area contributed by atoms with E-state index < -0.39 is 0 Å². The summed E-state index contributed by atoms with van der Waals surface area (Å²) in [7, 11) is 0. The number of fused-ring (bicyclic) bond motifs is 1. The quantitative estimate of drug-likeness (QED) is 0.566. The van der Waals surface area contributed by atoms with Gasteiger partial charge in [-0.15, -0.1) is 11.3 Å². The van der Waals surface area contributed by atoms with Gasteiger partial charge in [0.05, 0.1) is 16.5 Å². The first kappa shape index (κ1) is 21.3. The molecule has 4 N–H and O–H groups in total. The summed E-state index contributed by atoms with van der Waals surface area (Å²) in [6.45, 7) is 3.92. The Labute approximate surface area is 180 Å². The lowest BCUT2D eigenvalue weighted by molar-refractivity contribution is 0.242. The molecule has 0 radical (unpaired) electrons. The van der Waals surface area contributed by atoms with Crippen molar-refractivity contribution >= 4 is 23.5 Å². The molecule has 4 rings (SSSR count).